The normalized spacial score (nSPS) is 20.0. The highest BCUT2D eigenvalue weighted by atomic mass is 16.5. The Kier molecular flexibility index (Phi) is 1.82. The molecule has 0 radical (unpaired) electrons. The molecule has 12 heavy (non-hydrogen) atoms. The third kappa shape index (κ3) is 1.32. The zero-order valence-corrected chi connectivity index (χ0v) is 6.38. The van der Waals surface area contributed by atoms with Crippen molar-refractivity contribution in [2.45, 2.75) is 0 Å². The second-order valence-corrected chi connectivity index (χ2v) is 2.23. The predicted molar refractivity (Wildman–Crippen MR) is 43.7 cm³/mol. The number of rotatable bonds is 1. The molecule has 0 aliphatic carbocycles. The molecular weight excluding hydrogens is 156 g/mol. The minimum atomic E-state index is 0.543. The Bertz CT molecular complexity index is 267. The van der Waals surface area contributed by atoms with Gasteiger partial charge in [-0.2, -0.15) is 0 Å². The average Bonchev–Trinajstić information content (AvgIpc) is 2.21. The van der Waals surface area contributed by atoms with Gasteiger partial charge in [0.1, 0.15) is 25.4 Å². The highest BCUT2D eigenvalue weighted by molar-refractivity contribution is 5.61. The lowest BCUT2D eigenvalue weighted by atomic mass is 10.5. The molecule has 4 nitrogen and oxygen atoms in total. The minimum absolute atomic E-state index is 0.543. The lowest BCUT2D eigenvalue weighted by Gasteiger charge is -2.18. The topological polar surface area (TPSA) is 34.1 Å². The molecule has 0 fully saturated rings. The standard InChI is InChI=1S/C8H8N2O2/c1-4-12-7-8(9-1)10-2-5-11-6-3-10/h1-3,5-7H,4H2. The van der Waals surface area contributed by atoms with Crippen molar-refractivity contribution in [3.63, 3.8) is 0 Å². The molecule has 4 heteroatoms. The van der Waals surface area contributed by atoms with Gasteiger partial charge in [0.15, 0.2) is 5.82 Å². The smallest absolute Gasteiger partial charge is 0.171 e. The molecule has 0 aromatic rings. The third-order valence-corrected chi connectivity index (χ3v) is 1.45. The molecule has 0 aromatic carbocycles. The van der Waals surface area contributed by atoms with Gasteiger partial charge in [-0.3, -0.25) is 4.90 Å². The Morgan fingerprint density at radius 1 is 1.33 bits per heavy atom. The van der Waals surface area contributed by atoms with E-state index < -0.39 is 0 Å². The Balaban J connectivity index is 2.12. The van der Waals surface area contributed by atoms with Crippen molar-refractivity contribution in [1.29, 1.82) is 0 Å². The number of ether oxygens (including phenoxy) is 2. The average molecular weight is 164 g/mol. The lowest BCUT2D eigenvalue weighted by molar-refractivity contribution is 0.282. The first kappa shape index (κ1) is 6.97. The van der Waals surface area contributed by atoms with Gasteiger partial charge in [-0.05, 0) is 0 Å². The zero-order chi connectivity index (χ0) is 8.23. The van der Waals surface area contributed by atoms with Gasteiger partial charge in [0.2, 0.25) is 0 Å². The van der Waals surface area contributed by atoms with E-state index in [4.69, 9.17) is 9.47 Å². The maximum atomic E-state index is 5.07. The van der Waals surface area contributed by atoms with Crippen LogP contribution in [0.4, 0.5) is 0 Å². The second-order valence-electron chi connectivity index (χ2n) is 2.23. The van der Waals surface area contributed by atoms with Crippen molar-refractivity contribution in [3.8, 4) is 0 Å². The molecule has 62 valence electrons. The van der Waals surface area contributed by atoms with Crippen LogP contribution in [0.25, 0.3) is 0 Å². The molecule has 0 unspecified atom stereocenters. The van der Waals surface area contributed by atoms with Crippen molar-refractivity contribution >= 4 is 6.21 Å². The van der Waals surface area contributed by atoms with Crippen molar-refractivity contribution in [1.82, 2.24) is 4.90 Å². The van der Waals surface area contributed by atoms with Crippen molar-refractivity contribution < 1.29 is 9.47 Å². The number of hydrogen-bond acceptors (Lipinski definition) is 4. The summed E-state index contributed by atoms with van der Waals surface area (Å²) in [5, 5.41) is 0. The van der Waals surface area contributed by atoms with E-state index in [2.05, 4.69) is 4.99 Å². The summed E-state index contributed by atoms with van der Waals surface area (Å²) < 4.78 is 9.94. The summed E-state index contributed by atoms with van der Waals surface area (Å²) in [5.41, 5.74) is 0. The van der Waals surface area contributed by atoms with E-state index in [0.717, 1.165) is 5.82 Å². The monoisotopic (exact) mass is 164 g/mol. The zero-order valence-electron chi connectivity index (χ0n) is 6.38. The highest BCUT2D eigenvalue weighted by Crippen LogP contribution is 2.12. The Hall–Kier alpha value is -1.71. The van der Waals surface area contributed by atoms with Gasteiger partial charge in [0, 0.05) is 18.6 Å². The van der Waals surface area contributed by atoms with Crippen LogP contribution in [0.3, 0.4) is 0 Å². The molecule has 0 saturated carbocycles. The van der Waals surface area contributed by atoms with Gasteiger partial charge in [-0.25, -0.2) is 4.99 Å². The fourth-order valence-electron chi connectivity index (χ4n) is 0.904. The van der Waals surface area contributed by atoms with Gasteiger partial charge >= 0.3 is 0 Å². The summed E-state index contributed by atoms with van der Waals surface area (Å²) in [4.78, 5) is 5.94. The fraction of sp³-hybridized carbons (Fsp3) is 0.125. The molecule has 2 aliphatic heterocycles. The third-order valence-electron chi connectivity index (χ3n) is 1.45. The van der Waals surface area contributed by atoms with Gasteiger partial charge in [-0.15, -0.1) is 0 Å². The van der Waals surface area contributed by atoms with E-state index in [9.17, 15) is 0 Å². The molecule has 0 aromatic heterocycles. The van der Waals surface area contributed by atoms with Gasteiger partial charge in [0.05, 0.1) is 0 Å². The van der Waals surface area contributed by atoms with Crippen LogP contribution in [-0.4, -0.2) is 17.7 Å². The van der Waals surface area contributed by atoms with Crippen LogP contribution in [0.1, 0.15) is 0 Å². The molecule has 2 heterocycles. The van der Waals surface area contributed by atoms with Crippen molar-refractivity contribution in [3.05, 3.63) is 37.0 Å². The molecule has 0 bridgehead atoms. The van der Waals surface area contributed by atoms with E-state index >= 15 is 0 Å². The summed E-state index contributed by atoms with van der Waals surface area (Å²) in [6.45, 7) is 0.543. The first-order chi connectivity index (χ1) is 5.97. The van der Waals surface area contributed by atoms with Crippen LogP contribution in [0.5, 0.6) is 0 Å². The molecule has 0 atom stereocenters. The van der Waals surface area contributed by atoms with Crippen LogP contribution in [0.2, 0.25) is 0 Å². The molecule has 0 amide bonds. The largest absolute Gasteiger partial charge is 0.492 e. The van der Waals surface area contributed by atoms with Crippen molar-refractivity contribution in [2.75, 3.05) is 6.61 Å². The summed E-state index contributed by atoms with van der Waals surface area (Å²) in [7, 11) is 0. The van der Waals surface area contributed by atoms with Crippen LogP contribution >= 0.6 is 0 Å². The quantitative estimate of drug-likeness (QED) is 0.583. The highest BCUT2D eigenvalue weighted by Gasteiger charge is 2.06. The first-order valence-corrected chi connectivity index (χ1v) is 3.58. The summed E-state index contributed by atoms with van der Waals surface area (Å²) >= 11 is 0. The maximum absolute atomic E-state index is 5.07. The Morgan fingerprint density at radius 3 is 2.83 bits per heavy atom. The van der Waals surface area contributed by atoms with Gasteiger partial charge in [0.25, 0.3) is 0 Å². The fourth-order valence-corrected chi connectivity index (χ4v) is 0.904. The number of aliphatic imine (C=N–C) groups is 1. The second kappa shape index (κ2) is 3.13. The van der Waals surface area contributed by atoms with Gasteiger partial charge < -0.3 is 9.47 Å². The molecule has 0 saturated heterocycles. The lowest BCUT2D eigenvalue weighted by Crippen LogP contribution is -2.13. The van der Waals surface area contributed by atoms with Gasteiger partial charge in [-0.1, -0.05) is 0 Å². The molecule has 0 spiro atoms. The first-order valence-electron chi connectivity index (χ1n) is 3.58. The summed E-state index contributed by atoms with van der Waals surface area (Å²) in [5.74, 6) is 0.747. The van der Waals surface area contributed by atoms with E-state index in [0.29, 0.717) is 6.61 Å². The van der Waals surface area contributed by atoms with Crippen LogP contribution in [-0.2, 0) is 9.47 Å². The maximum Gasteiger partial charge on any atom is 0.171 e. The summed E-state index contributed by atoms with van der Waals surface area (Å²) in [6.07, 6.45) is 10.00. The van der Waals surface area contributed by atoms with Crippen molar-refractivity contribution in [2.24, 2.45) is 4.99 Å². The minimum Gasteiger partial charge on any atom is -0.492 e. The van der Waals surface area contributed by atoms with E-state index in [1.165, 1.54) is 0 Å². The van der Waals surface area contributed by atoms with Crippen LogP contribution in [0, 0.1) is 0 Å². The summed E-state index contributed by atoms with van der Waals surface area (Å²) in [6, 6.07) is 0. The van der Waals surface area contributed by atoms with E-state index in [-0.39, 0.29) is 0 Å². The van der Waals surface area contributed by atoms with E-state index in [1.54, 1.807) is 42.3 Å². The number of hydrogen-bond donors (Lipinski definition) is 0. The SMILES string of the molecule is C1=CN(C2=COCC=N2)C=CO1. The predicted octanol–water partition coefficient (Wildman–Crippen LogP) is 1.16. The molecule has 2 rings (SSSR count). The van der Waals surface area contributed by atoms with E-state index in [1.807, 2.05) is 0 Å². The molecule has 0 N–H and O–H groups in total. The van der Waals surface area contributed by atoms with Crippen LogP contribution < -0.4 is 0 Å². The molecular formula is C8H8N2O2. The Labute approximate surface area is 70.1 Å². The molecule has 2 aliphatic rings. The Morgan fingerprint density at radius 2 is 2.17 bits per heavy atom. The number of nitrogens with zero attached hydrogens (tertiary/aromatic N) is 2. The van der Waals surface area contributed by atoms with Crippen LogP contribution in [0.15, 0.2) is 42.0 Å².